The molecule has 0 saturated carbocycles. The highest BCUT2D eigenvalue weighted by Gasteiger charge is 2.25. The fourth-order valence-electron chi connectivity index (χ4n) is 3.69. The van der Waals surface area contributed by atoms with Gasteiger partial charge in [-0.15, -0.1) is 0 Å². The van der Waals surface area contributed by atoms with Crippen LogP contribution >= 0.6 is 0 Å². The lowest BCUT2D eigenvalue weighted by Crippen LogP contribution is -3.13. The molecule has 0 radical (unpaired) electrons. The predicted octanol–water partition coefficient (Wildman–Crippen LogP) is 0.721. The molecule has 4 rings (SSSR count). The van der Waals surface area contributed by atoms with E-state index in [1.807, 2.05) is 25.1 Å². The number of rotatable bonds is 4. The fourth-order valence-corrected chi connectivity index (χ4v) is 3.69. The Balaban J connectivity index is 1.57. The number of aryl methyl sites for hydroxylation is 1. The second-order valence-corrected chi connectivity index (χ2v) is 7.11. The topological polar surface area (TPSA) is 59.1 Å². The second kappa shape index (κ2) is 7.32. The number of pyridine rings is 1. The highest BCUT2D eigenvalue weighted by Crippen LogP contribution is 2.15. The van der Waals surface area contributed by atoms with Gasteiger partial charge < -0.3 is 9.80 Å². The normalized spacial score (nSPS) is 15.2. The molecule has 0 aliphatic carbocycles. The van der Waals surface area contributed by atoms with Crippen LogP contribution in [0.3, 0.4) is 0 Å². The molecule has 0 bridgehead atoms. The lowest BCUT2D eigenvalue weighted by molar-refractivity contribution is -0.914. The van der Waals surface area contributed by atoms with Crippen molar-refractivity contribution in [3.05, 3.63) is 75.7 Å². The average molecular weight is 363 g/mol. The Morgan fingerprint density at radius 2 is 1.85 bits per heavy atom. The summed E-state index contributed by atoms with van der Waals surface area (Å²) < 4.78 is 1.46. The average Bonchev–Trinajstić information content (AvgIpc) is 2.70. The van der Waals surface area contributed by atoms with Crippen LogP contribution in [0.25, 0.3) is 5.65 Å². The number of fused-ring (bicyclic) bond motifs is 1. The Morgan fingerprint density at radius 3 is 2.56 bits per heavy atom. The minimum absolute atomic E-state index is 0.143. The van der Waals surface area contributed by atoms with E-state index >= 15 is 0 Å². The zero-order valence-corrected chi connectivity index (χ0v) is 15.4. The number of anilines is 1. The van der Waals surface area contributed by atoms with E-state index in [1.165, 1.54) is 14.9 Å². The monoisotopic (exact) mass is 363 g/mol. The molecular formula is C21H23N4O2+. The largest absolute Gasteiger partial charge is 0.344 e. The Kier molecular flexibility index (Phi) is 4.73. The molecule has 6 heteroatoms. The van der Waals surface area contributed by atoms with Gasteiger partial charge in [-0.1, -0.05) is 36.4 Å². The molecule has 0 atom stereocenters. The zero-order valence-electron chi connectivity index (χ0n) is 15.4. The molecule has 1 fully saturated rings. The minimum atomic E-state index is -0.298. The Labute approximate surface area is 157 Å². The summed E-state index contributed by atoms with van der Waals surface area (Å²) in [5.41, 5.74) is 2.70. The van der Waals surface area contributed by atoms with Crippen molar-refractivity contribution in [2.45, 2.75) is 13.5 Å². The van der Waals surface area contributed by atoms with Crippen LogP contribution in [0.15, 0.2) is 53.5 Å². The van der Waals surface area contributed by atoms with Crippen LogP contribution in [-0.4, -0.2) is 41.8 Å². The summed E-state index contributed by atoms with van der Waals surface area (Å²) in [7, 11) is 0. The number of nitrogens with zero attached hydrogens (tertiary/aromatic N) is 3. The number of nitrogens with one attached hydrogen (secondary N) is 1. The first-order valence-corrected chi connectivity index (χ1v) is 9.26. The lowest BCUT2D eigenvalue weighted by Gasteiger charge is -2.33. The van der Waals surface area contributed by atoms with Crippen LogP contribution in [0.4, 0.5) is 5.82 Å². The van der Waals surface area contributed by atoms with Gasteiger partial charge in [-0.3, -0.25) is 14.0 Å². The molecule has 3 heterocycles. The quantitative estimate of drug-likeness (QED) is 0.694. The number of hydrogen-bond acceptors (Lipinski definition) is 4. The van der Waals surface area contributed by atoms with Gasteiger partial charge in [-0.2, -0.15) is 0 Å². The van der Waals surface area contributed by atoms with Gasteiger partial charge in [0, 0.05) is 11.8 Å². The summed E-state index contributed by atoms with van der Waals surface area (Å²) >= 11 is 0. The lowest BCUT2D eigenvalue weighted by atomic mass is 10.2. The molecule has 138 valence electrons. The molecule has 1 aliphatic heterocycles. The first-order valence-electron chi connectivity index (χ1n) is 9.26. The third-order valence-electron chi connectivity index (χ3n) is 5.17. The summed E-state index contributed by atoms with van der Waals surface area (Å²) in [6, 6.07) is 14.2. The third-order valence-corrected chi connectivity index (χ3v) is 5.17. The van der Waals surface area contributed by atoms with Crippen molar-refractivity contribution in [1.29, 1.82) is 0 Å². The van der Waals surface area contributed by atoms with E-state index in [0.29, 0.717) is 17.8 Å². The van der Waals surface area contributed by atoms with E-state index in [1.54, 1.807) is 6.20 Å². The molecule has 6 nitrogen and oxygen atoms in total. The number of benzene rings is 1. The van der Waals surface area contributed by atoms with Crippen molar-refractivity contribution in [3.8, 4) is 0 Å². The van der Waals surface area contributed by atoms with Gasteiger partial charge in [0.15, 0.2) is 6.29 Å². The molecule has 1 aliphatic rings. The standard InChI is InChI=1S/C21H22N4O2/c1-16-7-8-19-22-20(18(15-26)21(27)25(19)13-16)24-11-9-23(10-12-24)14-17-5-3-2-4-6-17/h2-8,13,15H,9-12,14H2,1H3/p+1. The molecule has 1 N–H and O–H groups in total. The van der Waals surface area contributed by atoms with Crippen LogP contribution < -0.4 is 15.4 Å². The number of carbonyl (C=O) groups excluding carboxylic acids is 1. The molecular weight excluding hydrogens is 340 g/mol. The van der Waals surface area contributed by atoms with Crippen LogP contribution in [0.1, 0.15) is 21.5 Å². The summed E-state index contributed by atoms with van der Waals surface area (Å²) in [5, 5.41) is 0. The maximum Gasteiger partial charge on any atom is 0.270 e. The second-order valence-electron chi connectivity index (χ2n) is 7.11. The number of aldehydes is 1. The summed E-state index contributed by atoms with van der Waals surface area (Å²) in [6.45, 7) is 6.34. The fraction of sp³-hybridized carbons (Fsp3) is 0.286. The SMILES string of the molecule is Cc1ccc2nc(N3CC[NH+](Cc4ccccc4)CC3)c(C=O)c(=O)n2c1. The molecule has 1 saturated heterocycles. The summed E-state index contributed by atoms with van der Waals surface area (Å²) in [6.07, 6.45) is 2.37. The van der Waals surface area contributed by atoms with Gasteiger partial charge in [-0.25, -0.2) is 4.98 Å². The van der Waals surface area contributed by atoms with E-state index in [2.05, 4.69) is 34.1 Å². The minimum Gasteiger partial charge on any atom is -0.344 e. The van der Waals surface area contributed by atoms with Crippen LogP contribution in [0.2, 0.25) is 0 Å². The number of quaternary nitrogens is 1. The Morgan fingerprint density at radius 1 is 1.11 bits per heavy atom. The van der Waals surface area contributed by atoms with Crippen LogP contribution in [-0.2, 0) is 6.54 Å². The van der Waals surface area contributed by atoms with Crippen molar-refractivity contribution in [2.24, 2.45) is 0 Å². The Hall–Kier alpha value is -2.99. The van der Waals surface area contributed by atoms with Crippen molar-refractivity contribution in [2.75, 3.05) is 31.1 Å². The predicted molar refractivity (Wildman–Crippen MR) is 105 cm³/mol. The number of hydrogen-bond donors (Lipinski definition) is 1. The maximum absolute atomic E-state index is 12.7. The highest BCUT2D eigenvalue weighted by atomic mass is 16.1. The number of aromatic nitrogens is 2. The number of piperazine rings is 1. The van der Waals surface area contributed by atoms with Gasteiger partial charge in [-0.05, 0) is 18.6 Å². The molecule has 2 aromatic heterocycles. The first kappa shape index (κ1) is 17.4. The molecule has 3 aromatic rings. The van der Waals surface area contributed by atoms with Crippen LogP contribution in [0, 0.1) is 6.92 Å². The van der Waals surface area contributed by atoms with E-state index < -0.39 is 0 Å². The van der Waals surface area contributed by atoms with Gasteiger partial charge in [0.1, 0.15) is 23.6 Å². The molecule has 1 aromatic carbocycles. The molecule has 27 heavy (non-hydrogen) atoms. The Bertz CT molecular complexity index is 1020. The molecule has 0 spiro atoms. The third kappa shape index (κ3) is 3.48. The zero-order chi connectivity index (χ0) is 18.8. The first-order chi connectivity index (χ1) is 13.2. The molecule has 0 amide bonds. The van der Waals surface area contributed by atoms with Gasteiger partial charge >= 0.3 is 0 Å². The number of carbonyl (C=O) groups is 1. The van der Waals surface area contributed by atoms with E-state index in [4.69, 9.17) is 0 Å². The van der Waals surface area contributed by atoms with Crippen molar-refractivity contribution in [3.63, 3.8) is 0 Å². The van der Waals surface area contributed by atoms with Gasteiger partial charge in [0.05, 0.1) is 26.2 Å². The van der Waals surface area contributed by atoms with Gasteiger partial charge in [0.25, 0.3) is 5.56 Å². The van der Waals surface area contributed by atoms with E-state index in [-0.39, 0.29) is 11.1 Å². The van der Waals surface area contributed by atoms with E-state index in [0.717, 1.165) is 38.3 Å². The maximum atomic E-state index is 12.7. The van der Waals surface area contributed by atoms with E-state index in [9.17, 15) is 9.59 Å². The van der Waals surface area contributed by atoms with Gasteiger partial charge in [0.2, 0.25) is 0 Å². The highest BCUT2D eigenvalue weighted by molar-refractivity contribution is 5.83. The summed E-state index contributed by atoms with van der Waals surface area (Å²) in [4.78, 5) is 32.6. The van der Waals surface area contributed by atoms with Crippen molar-refractivity contribution in [1.82, 2.24) is 9.38 Å². The van der Waals surface area contributed by atoms with Crippen molar-refractivity contribution >= 4 is 17.8 Å². The van der Waals surface area contributed by atoms with Crippen LogP contribution in [0.5, 0.6) is 0 Å². The molecule has 0 unspecified atom stereocenters. The van der Waals surface area contributed by atoms with Crippen molar-refractivity contribution < 1.29 is 9.69 Å². The smallest absolute Gasteiger partial charge is 0.270 e. The summed E-state index contributed by atoms with van der Waals surface area (Å²) in [5.74, 6) is 0.512.